The third-order valence-corrected chi connectivity index (χ3v) is 3.38. The van der Waals surface area contributed by atoms with Crippen molar-refractivity contribution in [2.75, 3.05) is 0 Å². The van der Waals surface area contributed by atoms with Crippen LogP contribution in [-0.4, -0.2) is 16.8 Å². The smallest absolute Gasteiger partial charge is 0.363 e. The highest BCUT2D eigenvalue weighted by Crippen LogP contribution is 2.20. The summed E-state index contributed by atoms with van der Waals surface area (Å²) in [6.45, 7) is 0. The molecule has 0 aromatic heterocycles. The Kier molecular flexibility index (Phi) is 4.47. The number of carbonyl (C=O) groups is 1. The number of carbonyl (C=O) groups excluding carboxylic acids is 1. The quantitative estimate of drug-likeness (QED) is 0.369. The average Bonchev–Trinajstić information content (AvgIpc) is 2.97. The molecule has 0 unspecified atom stereocenters. The van der Waals surface area contributed by atoms with Gasteiger partial charge in [0.15, 0.2) is 5.70 Å². The second-order valence-electron chi connectivity index (χ2n) is 5.04. The highest BCUT2D eigenvalue weighted by Gasteiger charge is 2.23. The first-order chi connectivity index (χ1) is 12.0. The van der Waals surface area contributed by atoms with Gasteiger partial charge in [-0.3, -0.25) is 10.1 Å². The molecule has 0 radical (unpaired) electrons. The summed E-state index contributed by atoms with van der Waals surface area (Å²) >= 11 is 0. The Hall–Kier alpha value is -3.61. The number of nitro groups is 1. The van der Waals surface area contributed by atoms with E-state index in [-0.39, 0.29) is 17.3 Å². The van der Waals surface area contributed by atoms with Gasteiger partial charge in [0, 0.05) is 11.6 Å². The van der Waals surface area contributed by atoms with Crippen molar-refractivity contribution in [2.45, 2.75) is 0 Å². The number of aliphatic imine (C=N–C) groups is 1. The molecule has 0 atom stereocenters. The number of nitro benzene ring substituents is 1. The normalized spacial score (nSPS) is 15.5. The SMILES string of the molecule is O=C1OC(c2ccc(F)cc2)=N/C1=C\C=C\c1ccccc1[N+](=O)[O-]. The lowest BCUT2D eigenvalue weighted by Crippen LogP contribution is -2.05. The maximum atomic E-state index is 12.9. The van der Waals surface area contributed by atoms with Crippen molar-refractivity contribution in [3.63, 3.8) is 0 Å². The van der Waals surface area contributed by atoms with Crippen molar-refractivity contribution < 1.29 is 18.8 Å². The molecule has 0 bridgehead atoms. The molecule has 1 aliphatic heterocycles. The van der Waals surface area contributed by atoms with Gasteiger partial charge in [-0.2, -0.15) is 0 Å². The molecule has 124 valence electrons. The van der Waals surface area contributed by atoms with Crippen LogP contribution in [0.5, 0.6) is 0 Å². The van der Waals surface area contributed by atoms with E-state index in [4.69, 9.17) is 4.74 Å². The van der Waals surface area contributed by atoms with Crippen LogP contribution in [0, 0.1) is 15.9 Å². The monoisotopic (exact) mass is 338 g/mol. The van der Waals surface area contributed by atoms with E-state index in [0.29, 0.717) is 11.1 Å². The van der Waals surface area contributed by atoms with E-state index in [2.05, 4.69) is 4.99 Å². The number of ether oxygens (including phenoxy) is 1. The minimum atomic E-state index is -0.647. The first kappa shape index (κ1) is 16.3. The predicted octanol–water partition coefficient (Wildman–Crippen LogP) is 3.63. The Bertz CT molecular complexity index is 930. The van der Waals surface area contributed by atoms with Crippen LogP contribution in [0.4, 0.5) is 10.1 Å². The van der Waals surface area contributed by atoms with Crippen LogP contribution in [0.2, 0.25) is 0 Å². The molecule has 3 rings (SSSR count). The predicted molar refractivity (Wildman–Crippen MR) is 89.2 cm³/mol. The number of benzene rings is 2. The molecule has 0 saturated heterocycles. The summed E-state index contributed by atoms with van der Waals surface area (Å²) in [6.07, 6.45) is 4.38. The second-order valence-corrected chi connectivity index (χ2v) is 5.04. The molecule has 0 N–H and O–H groups in total. The van der Waals surface area contributed by atoms with E-state index in [1.165, 1.54) is 48.6 Å². The fourth-order valence-corrected chi connectivity index (χ4v) is 2.18. The minimum absolute atomic E-state index is 0.0401. The third kappa shape index (κ3) is 3.66. The van der Waals surface area contributed by atoms with Crippen LogP contribution in [0.1, 0.15) is 11.1 Å². The van der Waals surface area contributed by atoms with Gasteiger partial charge in [0.2, 0.25) is 5.90 Å². The first-order valence-electron chi connectivity index (χ1n) is 7.23. The van der Waals surface area contributed by atoms with Crippen molar-refractivity contribution in [2.24, 2.45) is 4.99 Å². The van der Waals surface area contributed by atoms with Gasteiger partial charge in [-0.1, -0.05) is 18.2 Å². The van der Waals surface area contributed by atoms with E-state index < -0.39 is 16.7 Å². The summed E-state index contributed by atoms with van der Waals surface area (Å²) in [5, 5.41) is 11.0. The van der Waals surface area contributed by atoms with Gasteiger partial charge in [0.25, 0.3) is 5.69 Å². The van der Waals surface area contributed by atoms with Crippen LogP contribution in [0.15, 0.2) is 71.4 Å². The lowest BCUT2D eigenvalue weighted by molar-refractivity contribution is -0.385. The molecule has 1 heterocycles. The Morgan fingerprint density at radius 3 is 2.56 bits per heavy atom. The highest BCUT2D eigenvalue weighted by molar-refractivity contribution is 6.11. The summed E-state index contributed by atoms with van der Waals surface area (Å²) < 4.78 is 18.0. The molecule has 1 aliphatic rings. The van der Waals surface area contributed by atoms with Crippen LogP contribution in [0.25, 0.3) is 6.08 Å². The van der Waals surface area contributed by atoms with Crippen LogP contribution in [-0.2, 0) is 9.53 Å². The van der Waals surface area contributed by atoms with Crippen molar-refractivity contribution >= 4 is 23.6 Å². The maximum Gasteiger partial charge on any atom is 0.363 e. The lowest BCUT2D eigenvalue weighted by atomic mass is 10.1. The molecule has 0 fully saturated rings. The van der Waals surface area contributed by atoms with Crippen molar-refractivity contribution in [1.82, 2.24) is 0 Å². The summed E-state index contributed by atoms with van der Waals surface area (Å²) in [5.74, 6) is -0.973. The molecule has 0 aliphatic carbocycles. The molecule has 0 spiro atoms. The summed E-state index contributed by atoms with van der Waals surface area (Å²) in [5.41, 5.74) is 0.884. The molecule has 25 heavy (non-hydrogen) atoms. The summed E-state index contributed by atoms with van der Waals surface area (Å²) in [6, 6.07) is 11.6. The Morgan fingerprint density at radius 2 is 1.84 bits per heavy atom. The summed E-state index contributed by atoms with van der Waals surface area (Å²) in [7, 11) is 0. The second kappa shape index (κ2) is 6.88. The fourth-order valence-electron chi connectivity index (χ4n) is 2.18. The van der Waals surface area contributed by atoms with E-state index in [1.807, 2.05) is 0 Å². The van der Waals surface area contributed by atoms with Crippen LogP contribution >= 0.6 is 0 Å². The van der Waals surface area contributed by atoms with Gasteiger partial charge in [0.05, 0.1) is 10.5 Å². The fraction of sp³-hybridized carbons (Fsp3) is 0. The zero-order valence-electron chi connectivity index (χ0n) is 12.8. The van der Waals surface area contributed by atoms with Gasteiger partial charge >= 0.3 is 5.97 Å². The highest BCUT2D eigenvalue weighted by atomic mass is 19.1. The van der Waals surface area contributed by atoms with E-state index in [1.54, 1.807) is 18.2 Å². The molecule has 2 aromatic rings. The van der Waals surface area contributed by atoms with Gasteiger partial charge in [0.1, 0.15) is 5.82 Å². The number of halogens is 1. The molecule has 7 heteroatoms. The zero-order valence-corrected chi connectivity index (χ0v) is 12.8. The molecule has 6 nitrogen and oxygen atoms in total. The number of allylic oxidation sites excluding steroid dienone is 2. The third-order valence-electron chi connectivity index (χ3n) is 3.38. The van der Waals surface area contributed by atoms with Crippen LogP contribution in [0.3, 0.4) is 0 Å². The number of cyclic esters (lactones) is 1. The van der Waals surface area contributed by atoms with Gasteiger partial charge in [-0.05, 0) is 42.5 Å². The van der Waals surface area contributed by atoms with E-state index >= 15 is 0 Å². The van der Waals surface area contributed by atoms with Gasteiger partial charge in [-0.25, -0.2) is 14.2 Å². The molecular formula is C18H11FN2O4. The Balaban J connectivity index is 1.83. The number of esters is 1. The van der Waals surface area contributed by atoms with Gasteiger partial charge < -0.3 is 4.74 Å². The topological polar surface area (TPSA) is 81.8 Å². The first-order valence-corrected chi connectivity index (χ1v) is 7.23. The number of hydrogen-bond donors (Lipinski definition) is 0. The zero-order chi connectivity index (χ0) is 17.8. The molecule has 0 amide bonds. The minimum Gasteiger partial charge on any atom is -0.402 e. The molecule has 2 aromatic carbocycles. The Morgan fingerprint density at radius 1 is 1.12 bits per heavy atom. The van der Waals surface area contributed by atoms with E-state index in [0.717, 1.165) is 0 Å². The summed E-state index contributed by atoms with van der Waals surface area (Å²) in [4.78, 5) is 26.3. The lowest BCUT2D eigenvalue weighted by Gasteiger charge is -1.98. The largest absolute Gasteiger partial charge is 0.402 e. The molecule has 0 saturated carbocycles. The standard InChI is InChI=1S/C18H11FN2O4/c19-14-10-8-13(9-11-14)17-20-15(18(22)25-17)6-3-5-12-4-1-2-7-16(12)21(23)24/h1-11H/b5-3+,15-6-. The van der Waals surface area contributed by atoms with Crippen molar-refractivity contribution in [3.05, 3.63) is 93.4 Å². The van der Waals surface area contributed by atoms with Crippen molar-refractivity contribution in [1.29, 1.82) is 0 Å². The number of rotatable bonds is 4. The molecular weight excluding hydrogens is 327 g/mol. The van der Waals surface area contributed by atoms with E-state index in [9.17, 15) is 19.3 Å². The Labute approximate surface area is 141 Å². The van der Waals surface area contributed by atoms with Gasteiger partial charge in [-0.15, -0.1) is 0 Å². The van der Waals surface area contributed by atoms with Crippen molar-refractivity contribution in [3.8, 4) is 0 Å². The number of nitrogens with zero attached hydrogens (tertiary/aromatic N) is 2. The number of para-hydroxylation sites is 1. The van der Waals surface area contributed by atoms with Crippen LogP contribution < -0.4 is 0 Å². The maximum absolute atomic E-state index is 12.9. The average molecular weight is 338 g/mol. The number of hydrogen-bond acceptors (Lipinski definition) is 5.